The molecule has 2 fully saturated rings. The second-order valence-electron chi connectivity index (χ2n) is 6.29. The van der Waals surface area contributed by atoms with Crippen LogP contribution in [-0.2, 0) is 14.4 Å². The van der Waals surface area contributed by atoms with E-state index in [0.717, 1.165) is 40.8 Å². The minimum absolute atomic E-state index is 0.191. The molecule has 1 aromatic heterocycles. The van der Waals surface area contributed by atoms with Crippen LogP contribution in [-0.4, -0.2) is 34.2 Å². The van der Waals surface area contributed by atoms with Crippen LogP contribution >= 0.6 is 11.3 Å². The maximum absolute atomic E-state index is 12.4. The summed E-state index contributed by atoms with van der Waals surface area (Å²) in [7, 11) is 0. The number of rotatable bonds is 3. The summed E-state index contributed by atoms with van der Waals surface area (Å²) in [6, 6.07) is 7.60. The molecule has 2 atom stereocenters. The lowest BCUT2D eigenvalue weighted by Gasteiger charge is -2.19. The van der Waals surface area contributed by atoms with Gasteiger partial charge in [0.05, 0.1) is 22.1 Å². The van der Waals surface area contributed by atoms with Crippen LogP contribution in [0, 0.1) is 11.8 Å². The van der Waals surface area contributed by atoms with Crippen molar-refractivity contribution in [2.24, 2.45) is 11.8 Å². The second-order valence-corrected chi connectivity index (χ2v) is 7.33. The molecule has 0 radical (unpaired) electrons. The molecule has 1 saturated carbocycles. The molecule has 3 amide bonds. The zero-order chi connectivity index (χ0) is 16.7. The molecule has 1 aliphatic heterocycles. The predicted octanol–water partition coefficient (Wildman–Crippen LogP) is 2.41. The van der Waals surface area contributed by atoms with E-state index in [-0.39, 0.29) is 36.1 Å². The van der Waals surface area contributed by atoms with Gasteiger partial charge in [-0.3, -0.25) is 19.3 Å². The van der Waals surface area contributed by atoms with Crippen LogP contribution in [0.5, 0.6) is 0 Å². The van der Waals surface area contributed by atoms with Crippen molar-refractivity contribution >= 4 is 44.4 Å². The summed E-state index contributed by atoms with van der Waals surface area (Å²) in [4.78, 5) is 42.5. The molecular formula is C17H17N3O3S. The average Bonchev–Trinajstić information content (AvgIpc) is 3.09. The number of imide groups is 1. The van der Waals surface area contributed by atoms with E-state index >= 15 is 0 Å². The molecule has 2 aromatic rings. The zero-order valence-corrected chi connectivity index (χ0v) is 13.8. The van der Waals surface area contributed by atoms with E-state index in [0.29, 0.717) is 5.13 Å². The van der Waals surface area contributed by atoms with Crippen molar-refractivity contribution in [3.8, 4) is 0 Å². The minimum Gasteiger partial charge on any atom is -0.300 e. The van der Waals surface area contributed by atoms with E-state index in [1.54, 1.807) is 0 Å². The smallest absolute Gasteiger partial charge is 0.246 e. The summed E-state index contributed by atoms with van der Waals surface area (Å²) in [5.74, 6) is -1.20. The Bertz CT molecular complexity index is 774. The molecule has 0 spiro atoms. The number of likely N-dealkylation sites (tertiary alicyclic amines) is 1. The van der Waals surface area contributed by atoms with Gasteiger partial charge in [-0.2, -0.15) is 0 Å². The van der Waals surface area contributed by atoms with Gasteiger partial charge in [-0.25, -0.2) is 4.98 Å². The monoisotopic (exact) mass is 343 g/mol. The van der Waals surface area contributed by atoms with E-state index in [2.05, 4.69) is 10.3 Å². The molecular weight excluding hydrogens is 326 g/mol. The highest BCUT2D eigenvalue weighted by Gasteiger charge is 2.48. The summed E-state index contributed by atoms with van der Waals surface area (Å²) >= 11 is 1.37. The van der Waals surface area contributed by atoms with Crippen LogP contribution in [0.4, 0.5) is 5.13 Å². The molecule has 7 heteroatoms. The van der Waals surface area contributed by atoms with E-state index in [1.165, 1.54) is 11.3 Å². The van der Waals surface area contributed by atoms with Crippen LogP contribution < -0.4 is 5.32 Å². The number of nitrogens with zero attached hydrogens (tertiary/aromatic N) is 2. The van der Waals surface area contributed by atoms with Crippen LogP contribution in [0.1, 0.15) is 25.7 Å². The molecule has 1 N–H and O–H groups in total. The number of benzene rings is 1. The number of aromatic nitrogens is 1. The van der Waals surface area contributed by atoms with E-state index < -0.39 is 0 Å². The number of amides is 3. The van der Waals surface area contributed by atoms with Crippen molar-refractivity contribution in [1.82, 2.24) is 9.88 Å². The Morgan fingerprint density at radius 1 is 1.17 bits per heavy atom. The summed E-state index contributed by atoms with van der Waals surface area (Å²) in [6.45, 7) is -0.222. The van der Waals surface area contributed by atoms with Gasteiger partial charge in [-0.1, -0.05) is 36.3 Å². The van der Waals surface area contributed by atoms with E-state index in [4.69, 9.17) is 0 Å². The van der Waals surface area contributed by atoms with Crippen molar-refractivity contribution in [2.45, 2.75) is 25.7 Å². The fourth-order valence-electron chi connectivity index (χ4n) is 3.61. The fraction of sp³-hybridized carbons (Fsp3) is 0.412. The molecule has 6 nitrogen and oxygen atoms in total. The number of anilines is 1. The number of hydrogen-bond donors (Lipinski definition) is 1. The lowest BCUT2D eigenvalue weighted by Crippen LogP contribution is -2.38. The van der Waals surface area contributed by atoms with E-state index in [1.807, 2.05) is 24.3 Å². The maximum atomic E-state index is 12.4. The van der Waals surface area contributed by atoms with Gasteiger partial charge in [0.2, 0.25) is 17.7 Å². The Morgan fingerprint density at radius 3 is 2.50 bits per heavy atom. The Kier molecular flexibility index (Phi) is 3.80. The van der Waals surface area contributed by atoms with Crippen molar-refractivity contribution in [3.63, 3.8) is 0 Å². The number of hydrogen-bond acceptors (Lipinski definition) is 5. The van der Waals surface area contributed by atoms with Gasteiger partial charge in [-0.05, 0) is 25.0 Å². The minimum atomic E-state index is -0.380. The summed E-state index contributed by atoms with van der Waals surface area (Å²) in [5.41, 5.74) is 0.817. The molecule has 1 aromatic carbocycles. The fourth-order valence-corrected chi connectivity index (χ4v) is 4.50. The second kappa shape index (κ2) is 5.98. The van der Waals surface area contributed by atoms with E-state index in [9.17, 15) is 14.4 Å². The quantitative estimate of drug-likeness (QED) is 0.868. The number of carbonyl (C=O) groups excluding carboxylic acids is 3. The average molecular weight is 343 g/mol. The molecule has 124 valence electrons. The first-order chi connectivity index (χ1) is 11.6. The first-order valence-corrected chi connectivity index (χ1v) is 8.96. The molecule has 2 heterocycles. The van der Waals surface area contributed by atoms with Gasteiger partial charge >= 0.3 is 0 Å². The summed E-state index contributed by atoms with van der Waals surface area (Å²) < 4.78 is 0.979. The first kappa shape index (κ1) is 15.3. The first-order valence-electron chi connectivity index (χ1n) is 8.14. The van der Waals surface area contributed by atoms with Crippen LogP contribution in [0.25, 0.3) is 10.2 Å². The lowest BCUT2D eigenvalue weighted by molar-refractivity contribution is -0.142. The van der Waals surface area contributed by atoms with Crippen molar-refractivity contribution < 1.29 is 14.4 Å². The van der Waals surface area contributed by atoms with Gasteiger partial charge < -0.3 is 5.32 Å². The van der Waals surface area contributed by atoms with Crippen molar-refractivity contribution in [1.29, 1.82) is 0 Å². The molecule has 2 aliphatic rings. The predicted molar refractivity (Wildman–Crippen MR) is 90.4 cm³/mol. The molecule has 4 rings (SSSR count). The largest absolute Gasteiger partial charge is 0.300 e. The van der Waals surface area contributed by atoms with Gasteiger partial charge in [0.1, 0.15) is 6.54 Å². The molecule has 0 bridgehead atoms. The Balaban J connectivity index is 1.45. The number of nitrogens with one attached hydrogen (secondary N) is 1. The Hall–Kier alpha value is -2.28. The SMILES string of the molecule is O=C(CN1C(=O)[C@@H]2CCCC[C@H]2C1=O)Nc1nc2ccccc2s1. The highest BCUT2D eigenvalue weighted by Crippen LogP contribution is 2.37. The van der Waals surface area contributed by atoms with Crippen molar-refractivity contribution in [3.05, 3.63) is 24.3 Å². The highest BCUT2D eigenvalue weighted by molar-refractivity contribution is 7.22. The topological polar surface area (TPSA) is 79.4 Å². The van der Waals surface area contributed by atoms with Crippen molar-refractivity contribution in [2.75, 3.05) is 11.9 Å². The molecule has 1 aliphatic carbocycles. The van der Waals surface area contributed by atoms with Gasteiger partial charge in [-0.15, -0.1) is 0 Å². The Morgan fingerprint density at radius 2 is 1.83 bits per heavy atom. The van der Waals surface area contributed by atoms with Crippen LogP contribution in [0.3, 0.4) is 0 Å². The molecule has 0 unspecified atom stereocenters. The number of para-hydroxylation sites is 1. The third-order valence-electron chi connectivity index (χ3n) is 4.77. The normalized spacial score (nSPS) is 23.6. The number of carbonyl (C=O) groups is 3. The lowest BCUT2D eigenvalue weighted by atomic mass is 9.81. The summed E-state index contributed by atoms with van der Waals surface area (Å²) in [6.07, 6.45) is 3.47. The number of fused-ring (bicyclic) bond motifs is 2. The van der Waals surface area contributed by atoms with Crippen LogP contribution in [0.2, 0.25) is 0 Å². The number of thiazole rings is 1. The zero-order valence-electron chi connectivity index (χ0n) is 13.0. The Labute approximate surface area is 142 Å². The highest BCUT2D eigenvalue weighted by atomic mass is 32.1. The van der Waals surface area contributed by atoms with Gasteiger partial charge in [0.25, 0.3) is 0 Å². The standard InChI is InChI=1S/C17H17N3O3S/c21-14(19-17-18-12-7-3-4-8-13(12)24-17)9-20-15(22)10-5-1-2-6-11(10)16(20)23/h3-4,7-8,10-11H,1-2,5-6,9H2,(H,18,19,21)/t10-,11-/m1/s1. The molecule has 24 heavy (non-hydrogen) atoms. The van der Waals surface area contributed by atoms with Crippen LogP contribution in [0.15, 0.2) is 24.3 Å². The van der Waals surface area contributed by atoms with Gasteiger partial charge in [0.15, 0.2) is 5.13 Å². The van der Waals surface area contributed by atoms with Gasteiger partial charge in [0, 0.05) is 0 Å². The summed E-state index contributed by atoms with van der Waals surface area (Å²) in [5, 5.41) is 3.19. The third-order valence-corrected chi connectivity index (χ3v) is 5.73. The maximum Gasteiger partial charge on any atom is 0.246 e. The third kappa shape index (κ3) is 2.58. The molecule has 1 saturated heterocycles.